The SMILES string of the molecule is CSc1ccc(S(=O)(=O)Nc2ccc(C(=O)O)cc2)cc1C(=O)N1CCOCC1. The molecule has 0 radical (unpaired) electrons. The predicted molar refractivity (Wildman–Crippen MR) is 109 cm³/mol. The first-order valence-corrected chi connectivity index (χ1v) is 11.4. The minimum absolute atomic E-state index is 0.0470. The van der Waals surface area contributed by atoms with Crippen LogP contribution in [0.15, 0.2) is 52.3 Å². The number of amides is 1. The average Bonchev–Trinajstić information content (AvgIpc) is 2.73. The topological polar surface area (TPSA) is 113 Å². The first kappa shape index (κ1) is 21.2. The number of morpholine rings is 1. The Morgan fingerprint density at radius 1 is 1.10 bits per heavy atom. The lowest BCUT2D eigenvalue weighted by atomic mass is 10.2. The van der Waals surface area contributed by atoms with Crippen molar-refractivity contribution in [3.63, 3.8) is 0 Å². The van der Waals surface area contributed by atoms with Crippen molar-refractivity contribution in [2.24, 2.45) is 0 Å². The average molecular weight is 437 g/mol. The maximum Gasteiger partial charge on any atom is 0.335 e. The van der Waals surface area contributed by atoms with Gasteiger partial charge in [0.05, 0.1) is 29.2 Å². The maximum atomic E-state index is 12.9. The third-order valence-corrected chi connectivity index (χ3v) is 6.57. The molecule has 1 fully saturated rings. The molecule has 1 aliphatic rings. The second-order valence-electron chi connectivity index (χ2n) is 6.25. The lowest BCUT2D eigenvalue weighted by Gasteiger charge is -2.27. The maximum absolute atomic E-state index is 12.9. The van der Waals surface area contributed by atoms with E-state index in [1.807, 2.05) is 6.26 Å². The first-order chi connectivity index (χ1) is 13.8. The first-order valence-electron chi connectivity index (χ1n) is 8.73. The fraction of sp³-hybridized carbons (Fsp3) is 0.263. The number of carbonyl (C=O) groups is 2. The fourth-order valence-corrected chi connectivity index (χ4v) is 4.51. The van der Waals surface area contributed by atoms with Gasteiger partial charge in [-0.25, -0.2) is 13.2 Å². The van der Waals surface area contributed by atoms with Gasteiger partial charge >= 0.3 is 5.97 Å². The van der Waals surface area contributed by atoms with E-state index in [2.05, 4.69) is 4.72 Å². The highest BCUT2D eigenvalue weighted by atomic mass is 32.2. The molecule has 1 aliphatic heterocycles. The van der Waals surface area contributed by atoms with E-state index in [1.165, 1.54) is 48.2 Å². The summed E-state index contributed by atoms with van der Waals surface area (Å²) in [5, 5.41) is 8.94. The second kappa shape index (κ2) is 8.85. The molecule has 0 aromatic heterocycles. The number of aromatic carboxylic acids is 1. The molecule has 0 bridgehead atoms. The van der Waals surface area contributed by atoms with Crippen molar-refractivity contribution in [1.29, 1.82) is 0 Å². The smallest absolute Gasteiger partial charge is 0.335 e. The Morgan fingerprint density at radius 3 is 2.34 bits per heavy atom. The van der Waals surface area contributed by atoms with Crippen molar-refractivity contribution in [3.05, 3.63) is 53.6 Å². The van der Waals surface area contributed by atoms with Crippen LogP contribution in [-0.4, -0.2) is 62.9 Å². The Morgan fingerprint density at radius 2 is 1.76 bits per heavy atom. The molecule has 29 heavy (non-hydrogen) atoms. The van der Waals surface area contributed by atoms with Gasteiger partial charge in [0.25, 0.3) is 15.9 Å². The fourth-order valence-electron chi connectivity index (χ4n) is 2.85. The minimum Gasteiger partial charge on any atom is -0.478 e. The highest BCUT2D eigenvalue weighted by molar-refractivity contribution is 7.98. The Hall–Kier alpha value is -2.56. The van der Waals surface area contributed by atoms with Crippen molar-refractivity contribution < 1.29 is 27.9 Å². The molecule has 0 aliphatic carbocycles. The Labute approximate surface area is 172 Å². The van der Waals surface area contributed by atoms with Crippen molar-refractivity contribution in [1.82, 2.24) is 4.90 Å². The van der Waals surface area contributed by atoms with Crippen LogP contribution in [0.2, 0.25) is 0 Å². The molecule has 1 saturated heterocycles. The predicted octanol–water partition coefficient (Wildman–Crippen LogP) is 2.38. The molecule has 0 saturated carbocycles. The highest BCUT2D eigenvalue weighted by Crippen LogP contribution is 2.26. The van der Waals surface area contributed by atoms with Crippen LogP contribution in [-0.2, 0) is 14.8 Å². The van der Waals surface area contributed by atoms with Gasteiger partial charge in [0, 0.05) is 23.7 Å². The molecular weight excluding hydrogens is 416 g/mol. The summed E-state index contributed by atoms with van der Waals surface area (Å²) in [6.07, 6.45) is 1.82. The zero-order valence-corrected chi connectivity index (χ0v) is 17.3. The van der Waals surface area contributed by atoms with Crippen LogP contribution in [0.25, 0.3) is 0 Å². The van der Waals surface area contributed by atoms with E-state index in [0.717, 1.165) is 0 Å². The number of thioether (sulfide) groups is 1. The molecule has 10 heteroatoms. The number of ether oxygens (including phenoxy) is 1. The quantitative estimate of drug-likeness (QED) is 0.669. The van der Waals surface area contributed by atoms with E-state index in [-0.39, 0.29) is 22.1 Å². The molecule has 2 aromatic carbocycles. The summed E-state index contributed by atoms with van der Waals surface area (Å²) in [5.74, 6) is -1.33. The minimum atomic E-state index is -3.96. The molecule has 8 nitrogen and oxygen atoms in total. The van der Waals surface area contributed by atoms with E-state index in [9.17, 15) is 18.0 Å². The third-order valence-electron chi connectivity index (χ3n) is 4.39. The Balaban J connectivity index is 1.88. The summed E-state index contributed by atoms with van der Waals surface area (Å²) in [5.41, 5.74) is 0.601. The standard InChI is InChI=1S/C19H20N2O6S2/c1-28-17-7-6-15(12-16(17)18(22)21-8-10-27-11-9-21)29(25,26)20-14-4-2-13(3-5-14)19(23)24/h2-7,12,20H,8-11H2,1H3,(H,23,24). The van der Waals surface area contributed by atoms with Crippen molar-refractivity contribution in [3.8, 4) is 0 Å². The zero-order valence-electron chi connectivity index (χ0n) is 15.6. The van der Waals surface area contributed by atoms with Crippen LogP contribution in [0.5, 0.6) is 0 Å². The number of sulfonamides is 1. The Kier molecular flexibility index (Phi) is 6.46. The number of benzene rings is 2. The van der Waals surface area contributed by atoms with Crippen LogP contribution >= 0.6 is 11.8 Å². The van der Waals surface area contributed by atoms with Crippen molar-refractivity contribution >= 4 is 39.3 Å². The van der Waals surface area contributed by atoms with E-state index in [0.29, 0.717) is 36.8 Å². The summed E-state index contributed by atoms with van der Waals surface area (Å²) in [6.45, 7) is 1.81. The summed E-state index contributed by atoms with van der Waals surface area (Å²) in [7, 11) is -3.96. The van der Waals surface area contributed by atoms with Gasteiger partial charge in [-0.15, -0.1) is 11.8 Å². The van der Waals surface area contributed by atoms with Crippen LogP contribution < -0.4 is 4.72 Å². The second-order valence-corrected chi connectivity index (χ2v) is 8.79. The molecule has 154 valence electrons. The number of nitrogens with zero attached hydrogens (tertiary/aromatic N) is 1. The van der Waals surface area contributed by atoms with E-state index in [4.69, 9.17) is 9.84 Å². The molecule has 2 N–H and O–H groups in total. The highest BCUT2D eigenvalue weighted by Gasteiger charge is 2.24. The van der Waals surface area contributed by atoms with Crippen LogP contribution in [0.4, 0.5) is 5.69 Å². The molecule has 0 atom stereocenters. The van der Waals surface area contributed by atoms with E-state index in [1.54, 1.807) is 11.0 Å². The number of carboxylic acid groups (broad SMARTS) is 1. The number of carboxylic acids is 1. The molecule has 0 unspecified atom stereocenters. The third kappa shape index (κ3) is 4.89. The van der Waals surface area contributed by atoms with Crippen molar-refractivity contribution in [2.75, 3.05) is 37.3 Å². The van der Waals surface area contributed by atoms with Gasteiger partial charge in [-0.3, -0.25) is 9.52 Å². The lowest BCUT2D eigenvalue weighted by molar-refractivity contribution is 0.0300. The molecule has 1 amide bonds. The van der Waals surface area contributed by atoms with Gasteiger partial charge in [0.2, 0.25) is 0 Å². The lowest BCUT2D eigenvalue weighted by Crippen LogP contribution is -2.40. The summed E-state index contributed by atoms with van der Waals surface area (Å²) < 4.78 is 33.3. The number of carbonyl (C=O) groups excluding carboxylic acids is 1. The molecule has 2 aromatic rings. The summed E-state index contributed by atoms with van der Waals surface area (Å²) in [4.78, 5) is 26.1. The van der Waals surface area contributed by atoms with Crippen LogP contribution in [0.1, 0.15) is 20.7 Å². The van der Waals surface area contributed by atoms with Gasteiger partial charge in [-0.05, 0) is 48.7 Å². The van der Waals surface area contributed by atoms with E-state index < -0.39 is 16.0 Å². The number of anilines is 1. The van der Waals surface area contributed by atoms with E-state index >= 15 is 0 Å². The normalized spacial score (nSPS) is 14.4. The molecule has 1 heterocycles. The summed E-state index contributed by atoms with van der Waals surface area (Å²) in [6, 6.07) is 9.79. The molecular formula is C19H20N2O6S2. The Bertz CT molecular complexity index is 1020. The number of hydrogen-bond donors (Lipinski definition) is 2. The zero-order chi connectivity index (χ0) is 21.0. The van der Waals surface area contributed by atoms with Gasteiger partial charge < -0.3 is 14.7 Å². The number of rotatable bonds is 6. The van der Waals surface area contributed by atoms with Gasteiger partial charge in [0.15, 0.2) is 0 Å². The van der Waals surface area contributed by atoms with Crippen LogP contribution in [0, 0.1) is 0 Å². The largest absolute Gasteiger partial charge is 0.478 e. The number of nitrogens with one attached hydrogen (secondary N) is 1. The molecule has 0 spiro atoms. The van der Waals surface area contributed by atoms with Gasteiger partial charge in [0.1, 0.15) is 0 Å². The van der Waals surface area contributed by atoms with Crippen molar-refractivity contribution in [2.45, 2.75) is 9.79 Å². The van der Waals surface area contributed by atoms with Crippen LogP contribution in [0.3, 0.4) is 0 Å². The monoisotopic (exact) mass is 436 g/mol. The molecule has 3 rings (SSSR count). The summed E-state index contributed by atoms with van der Waals surface area (Å²) >= 11 is 1.37. The van der Waals surface area contributed by atoms with Gasteiger partial charge in [-0.1, -0.05) is 0 Å². The van der Waals surface area contributed by atoms with Gasteiger partial charge in [-0.2, -0.15) is 0 Å². The number of hydrogen-bond acceptors (Lipinski definition) is 6.